The Morgan fingerprint density at radius 1 is 1.06 bits per heavy atom. The van der Waals surface area contributed by atoms with Crippen molar-refractivity contribution in [2.75, 3.05) is 19.7 Å². The third-order valence-electron chi connectivity index (χ3n) is 5.90. The Balaban J connectivity index is 2.16. The molecule has 0 fully saturated rings. The van der Waals surface area contributed by atoms with E-state index in [0.29, 0.717) is 31.2 Å². The lowest BCUT2D eigenvalue weighted by molar-refractivity contribution is -0.133. The van der Waals surface area contributed by atoms with E-state index in [-0.39, 0.29) is 24.4 Å². The summed E-state index contributed by atoms with van der Waals surface area (Å²) in [6, 6.07) is 11.2. The van der Waals surface area contributed by atoms with Gasteiger partial charge >= 0.3 is 0 Å². The number of rotatable bonds is 13. The first kappa shape index (κ1) is 26.5. The molecule has 33 heavy (non-hydrogen) atoms. The molecule has 0 aliphatic rings. The third kappa shape index (κ3) is 7.95. The summed E-state index contributed by atoms with van der Waals surface area (Å²) in [7, 11) is 1.98. The molecule has 1 atom stereocenters. The highest BCUT2D eigenvalue weighted by Crippen LogP contribution is 2.17. The first-order valence-electron chi connectivity index (χ1n) is 12.2. The van der Waals surface area contributed by atoms with Crippen molar-refractivity contribution in [2.45, 2.75) is 66.5 Å². The quantitative estimate of drug-likeness (QED) is 0.394. The van der Waals surface area contributed by atoms with Gasteiger partial charge in [0, 0.05) is 37.1 Å². The van der Waals surface area contributed by atoms with Gasteiger partial charge in [0.1, 0.15) is 12.3 Å². The Labute approximate surface area is 199 Å². The van der Waals surface area contributed by atoms with Crippen molar-refractivity contribution < 1.29 is 14.3 Å². The second-order valence-electron chi connectivity index (χ2n) is 9.20. The molecule has 0 N–H and O–H groups in total. The molecule has 0 bridgehead atoms. The Morgan fingerprint density at radius 2 is 1.76 bits per heavy atom. The highest BCUT2D eigenvalue weighted by molar-refractivity contribution is 5.96. The number of benzene rings is 1. The van der Waals surface area contributed by atoms with Crippen LogP contribution < -0.4 is 4.74 Å². The van der Waals surface area contributed by atoms with Gasteiger partial charge in [-0.1, -0.05) is 34.1 Å². The number of unbranched alkanes of at least 4 members (excludes halogenated alkanes) is 1. The van der Waals surface area contributed by atoms with Crippen LogP contribution in [0.25, 0.3) is 0 Å². The standard InChI is InChI=1S/C27H41N3O3/c1-7-9-17-33-25-14-12-23(13-15-25)27(32)30(22(5)8-2)20-26(31)29(18-21(3)4)19-24-11-10-16-28(24)6/h10-16,21-22H,7-9,17-20H2,1-6H3. The van der Waals surface area contributed by atoms with E-state index in [9.17, 15) is 9.59 Å². The Bertz CT molecular complexity index is 873. The van der Waals surface area contributed by atoms with Crippen LogP contribution in [-0.2, 0) is 18.4 Å². The zero-order valence-corrected chi connectivity index (χ0v) is 21.2. The lowest BCUT2D eigenvalue weighted by Gasteiger charge is -2.32. The van der Waals surface area contributed by atoms with Gasteiger partial charge in [-0.2, -0.15) is 0 Å². The maximum atomic E-state index is 13.4. The molecule has 0 saturated heterocycles. The van der Waals surface area contributed by atoms with E-state index in [0.717, 1.165) is 30.7 Å². The van der Waals surface area contributed by atoms with Crippen molar-refractivity contribution in [3.05, 3.63) is 53.9 Å². The molecule has 2 amide bonds. The van der Waals surface area contributed by atoms with Crippen molar-refractivity contribution in [3.8, 4) is 5.75 Å². The summed E-state index contributed by atoms with van der Waals surface area (Å²) in [5.74, 6) is 0.943. The van der Waals surface area contributed by atoms with Crippen LogP contribution >= 0.6 is 0 Å². The number of nitrogens with zero attached hydrogens (tertiary/aromatic N) is 3. The molecule has 0 radical (unpaired) electrons. The summed E-state index contributed by atoms with van der Waals surface area (Å²) < 4.78 is 7.75. The number of amides is 2. The zero-order chi connectivity index (χ0) is 24.4. The van der Waals surface area contributed by atoms with E-state index < -0.39 is 0 Å². The average molecular weight is 456 g/mol. The van der Waals surface area contributed by atoms with E-state index in [1.54, 1.807) is 17.0 Å². The number of hydrogen-bond acceptors (Lipinski definition) is 3. The predicted octanol–water partition coefficient (Wildman–Crippen LogP) is 5.13. The SMILES string of the molecule is CCCCOc1ccc(C(=O)N(CC(=O)N(Cc2cccn2C)CC(C)C)C(C)CC)cc1. The van der Waals surface area contributed by atoms with E-state index in [1.165, 1.54) is 0 Å². The van der Waals surface area contributed by atoms with Crippen molar-refractivity contribution in [1.29, 1.82) is 0 Å². The Hall–Kier alpha value is -2.76. The first-order chi connectivity index (χ1) is 15.8. The van der Waals surface area contributed by atoms with Crippen LogP contribution in [0.15, 0.2) is 42.6 Å². The van der Waals surface area contributed by atoms with Crippen LogP contribution in [0.4, 0.5) is 0 Å². The van der Waals surface area contributed by atoms with Crippen molar-refractivity contribution in [1.82, 2.24) is 14.4 Å². The highest BCUT2D eigenvalue weighted by Gasteiger charge is 2.26. The summed E-state index contributed by atoms with van der Waals surface area (Å²) in [6.07, 6.45) is 4.84. The van der Waals surface area contributed by atoms with E-state index in [2.05, 4.69) is 20.8 Å². The minimum atomic E-state index is -0.124. The van der Waals surface area contributed by atoms with Gasteiger partial charge in [-0.3, -0.25) is 9.59 Å². The average Bonchev–Trinajstić information content (AvgIpc) is 3.20. The fraction of sp³-hybridized carbons (Fsp3) is 0.556. The molecule has 1 unspecified atom stereocenters. The molecule has 182 valence electrons. The van der Waals surface area contributed by atoms with Crippen LogP contribution in [0.3, 0.4) is 0 Å². The second-order valence-corrected chi connectivity index (χ2v) is 9.20. The van der Waals surface area contributed by atoms with Gasteiger partial charge in [0.25, 0.3) is 5.91 Å². The molecule has 6 nitrogen and oxygen atoms in total. The molecule has 0 aliphatic heterocycles. The fourth-order valence-electron chi connectivity index (χ4n) is 3.64. The third-order valence-corrected chi connectivity index (χ3v) is 5.90. The molecule has 1 heterocycles. The first-order valence-corrected chi connectivity index (χ1v) is 12.2. The maximum absolute atomic E-state index is 13.4. The molecule has 0 spiro atoms. The zero-order valence-electron chi connectivity index (χ0n) is 21.2. The lowest BCUT2D eigenvalue weighted by atomic mass is 10.1. The van der Waals surface area contributed by atoms with Crippen molar-refractivity contribution in [2.24, 2.45) is 13.0 Å². The summed E-state index contributed by atoms with van der Waals surface area (Å²) in [5, 5.41) is 0. The molecule has 1 aromatic heterocycles. The topological polar surface area (TPSA) is 54.8 Å². The van der Waals surface area contributed by atoms with Crippen LogP contribution in [0, 0.1) is 5.92 Å². The van der Waals surface area contributed by atoms with Gasteiger partial charge < -0.3 is 19.1 Å². The summed E-state index contributed by atoms with van der Waals surface area (Å²) in [4.78, 5) is 30.3. The summed E-state index contributed by atoms with van der Waals surface area (Å²) >= 11 is 0. The molecular weight excluding hydrogens is 414 g/mol. The lowest BCUT2D eigenvalue weighted by Crippen LogP contribution is -2.47. The smallest absolute Gasteiger partial charge is 0.254 e. The Morgan fingerprint density at radius 3 is 2.30 bits per heavy atom. The van der Waals surface area contributed by atoms with Crippen LogP contribution in [0.1, 0.15) is 69.9 Å². The fourth-order valence-corrected chi connectivity index (χ4v) is 3.64. The van der Waals surface area contributed by atoms with Crippen molar-refractivity contribution in [3.63, 3.8) is 0 Å². The van der Waals surface area contributed by atoms with Gasteiger partial charge in [-0.15, -0.1) is 0 Å². The van der Waals surface area contributed by atoms with Crippen LogP contribution in [0.5, 0.6) is 5.75 Å². The monoisotopic (exact) mass is 455 g/mol. The number of aromatic nitrogens is 1. The summed E-state index contributed by atoms with van der Waals surface area (Å²) in [5.41, 5.74) is 1.65. The molecular formula is C27H41N3O3. The van der Waals surface area contributed by atoms with Gasteiger partial charge in [0.15, 0.2) is 0 Å². The summed E-state index contributed by atoms with van der Waals surface area (Å²) in [6.45, 7) is 12.3. The minimum Gasteiger partial charge on any atom is -0.494 e. The number of carbonyl (C=O) groups is 2. The second kappa shape index (κ2) is 13.1. The van der Waals surface area contributed by atoms with Gasteiger partial charge in [0.05, 0.1) is 13.2 Å². The van der Waals surface area contributed by atoms with Crippen LogP contribution in [-0.4, -0.2) is 51.9 Å². The number of hydrogen-bond donors (Lipinski definition) is 0. The van der Waals surface area contributed by atoms with Crippen LogP contribution in [0.2, 0.25) is 0 Å². The largest absolute Gasteiger partial charge is 0.494 e. The van der Waals surface area contributed by atoms with E-state index in [1.807, 2.05) is 60.8 Å². The molecule has 0 saturated carbocycles. The normalized spacial score (nSPS) is 12.0. The van der Waals surface area contributed by atoms with E-state index >= 15 is 0 Å². The Kier molecular flexibility index (Phi) is 10.5. The molecule has 0 aliphatic carbocycles. The maximum Gasteiger partial charge on any atom is 0.254 e. The molecule has 2 aromatic rings. The number of ether oxygens (including phenoxy) is 1. The number of aryl methyl sites for hydroxylation is 1. The predicted molar refractivity (Wildman–Crippen MR) is 133 cm³/mol. The molecule has 1 aromatic carbocycles. The van der Waals surface area contributed by atoms with E-state index in [4.69, 9.17) is 4.74 Å². The molecule has 2 rings (SSSR count). The van der Waals surface area contributed by atoms with Crippen molar-refractivity contribution >= 4 is 11.8 Å². The minimum absolute atomic E-state index is 0.0296. The number of carbonyl (C=O) groups excluding carboxylic acids is 2. The van der Waals surface area contributed by atoms with Gasteiger partial charge in [-0.05, 0) is 62.1 Å². The van der Waals surface area contributed by atoms with Gasteiger partial charge in [0.2, 0.25) is 5.91 Å². The highest BCUT2D eigenvalue weighted by atomic mass is 16.5. The molecule has 6 heteroatoms. The van der Waals surface area contributed by atoms with Gasteiger partial charge in [-0.25, -0.2) is 0 Å².